The third-order valence-electron chi connectivity index (χ3n) is 6.14. The minimum atomic E-state index is -4.40. The van der Waals surface area contributed by atoms with Gasteiger partial charge >= 0.3 is 12.3 Å². The Morgan fingerprint density at radius 3 is 2.60 bits per heavy atom. The fourth-order valence-corrected chi connectivity index (χ4v) is 4.04. The number of amides is 3. The smallest absolute Gasteiger partial charge is 0.410 e. The summed E-state index contributed by atoms with van der Waals surface area (Å²) in [5.74, 6) is -1.78. The summed E-state index contributed by atoms with van der Waals surface area (Å²) in [6.07, 6.45) is -3.51. The van der Waals surface area contributed by atoms with Gasteiger partial charge in [0.05, 0.1) is 6.54 Å². The Morgan fingerprint density at radius 1 is 1.19 bits per heavy atom. The molecule has 0 aliphatic rings. The van der Waals surface area contributed by atoms with Gasteiger partial charge in [-0.3, -0.25) is 14.4 Å². The van der Waals surface area contributed by atoms with E-state index in [1.807, 2.05) is 0 Å². The van der Waals surface area contributed by atoms with Crippen molar-refractivity contribution >= 4 is 34.5 Å². The predicted octanol–water partition coefficient (Wildman–Crippen LogP) is 4.10. The molecule has 0 fully saturated rings. The number of nitrogens with one attached hydrogen (secondary N) is 3. The molecule has 226 valence electrons. The van der Waals surface area contributed by atoms with Gasteiger partial charge in [-0.05, 0) is 61.2 Å². The predicted molar refractivity (Wildman–Crippen MR) is 147 cm³/mol. The van der Waals surface area contributed by atoms with E-state index in [0.717, 1.165) is 11.0 Å². The van der Waals surface area contributed by atoms with Crippen molar-refractivity contribution < 1.29 is 36.7 Å². The summed E-state index contributed by atoms with van der Waals surface area (Å²) in [5.41, 5.74) is 0.206. The number of carbonyl (C=O) groups is 3. The van der Waals surface area contributed by atoms with Crippen LogP contribution in [0.3, 0.4) is 0 Å². The Labute approximate surface area is 238 Å². The molecule has 10 nitrogen and oxygen atoms in total. The van der Waals surface area contributed by atoms with E-state index < -0.39 is 48.5 Å². The number of nitrogens with zero attached hydrogens (tertiary/aromatic N) is 2. The van der Waals surface area contributed by atoms with Crippen LogP contribution in [0.4, 0.5) is 28.0 Å². The molecule has 0 aliphatic heterocycles. The lowest BCUT2D eigenvalue weighted by molar-refractivity contribution is -0.134. The van der Waals surface area contributed by atoms with Crippen molar-refractivity contribution in [1.82, 2.24) is 19.8 Å². The maximum Gasteiger partial charge on any atom is 0.410 e. The quantitative estimate of drug-likeness (QED) is 0.228. The van der Waals surface area contributed by atoms with Crippen LogP contribution in [-0.4, -0.2) is 65.8 Å². The van der Waals surface area contributed by atoms with Gasteiger partial charge in [0.2, 0.25) is 5.91 Å². The second kappa shape index (κ2) is 13.8. The van der Waals surface area contributed by atoms with Gasteiger partial charge in [0.15, 0.2) is 6.10 Å². The molecule has 2 aromatic heterocycles. The molecule has 42 heavy (non-hydrogen) atoms. The van der Waals surface area contributed by atoms with Gasteiger partial charge in [-0.2, -0.15) is 13.2 Å². The second-order valence-corrected chi connectivity index (χ2v) is 9.64. The summed E-state index contributed by atoms with van der Waals surface area (Å²) < 4.78 is 58.9. The first-order valence-electron chi connectivity index (χ1n) is 12.9. The average molecular weight is 594 g/mol. The summed E-state index contributed by atoms with van der Waals surface area (Å²) in [4.78, 5) is 53.8. The van der Waals surface area contributed by atoms with E-state index in [4.69, 9.17) is 4.74 Å². The highest BCUT2D eigenvalue weighted by molar-refractivity contribution is 5.95. The lowest BCUT2D eigenvalue weighted by Gasteiger charge is -2.19. The number of aromatic nitrogens is 2. The Balaban J connectivity index is 1.80. The Hall–Kier alpha value is -4.62. The number of aryl methyl sites for hydroxylation is 1. The number of rotatable bonds is 11. The zero-order valence-electron chi connectivity index (χ0n) is 23.2. The molecule has 0 radical (unpaired) electrons. The Bertz CT molecular complexity index is 1530. The summed E-state index contributed by atoms with van der Waals surface area (Å²) in [7, 11) is 4.34. The van der Waals surface area contributed by atoms with Crippen LogP contribution in [0, 0.1) is 5.82 Å². The number of carbonyl (C=O) groups excluding carboxylic acids is 3. The third kappa shape index (κ3) is 8.94. The zero-order chi connectivity index (χ0) is 31.0. The van der Waals surface area contributed by atoms with Crippen molar-refractivity contribution in [1.29, 1.82) is 0 Å². The number of anilines is 1. The maximum absolute atomic E-state index is 14.1. The number of halogens is 4. The molecule has 0 spiro atoms. The monoisotopic (exact) mass is 593 g/mol. The highest BCUT2D eigenvalue weighted by Crippen LogP contribution is 2.27. The number of pyridine rings is 1. The minimum Gasteiger partial charge on any atom is -0.436 e. The average Bonchev–Trinajstić information content (AvgIpc) is 3.32. The number of aromatic amines is 1. The molecule has 3 aromatic rings. The Morgan fingerprint density at radius 2 is 1.93 bits per heavy atom. The number of hydrogen-bond acceptors (Lipinski definition) is 5. The van der Waals surface area contributed by atoms with Crippen molar-refractivity contribution in [2.45, 2.75) is 44.5 Å². The molecule has 1 unspecified atom stereocenters. The van der Waals surface area contributed by atoms with Gasteiger partial charge in [-0.25, -0.2) is 9.18 Å². The standard InChI is InChI=1S/C28H31F4N5O5/c1-33-23(38)9-5-4-8-22(42-27(41)36(2)3)25(39)35-21-7-6-12-37(26(21)40)16-20-15-18-14-19(29)13-17(24(18)34-20)10-11-28(30,31)32/h5-7,9,12-15,22,34H,4,8,10-11,16H2,1-3H3,(H,33,38)(H,35,39)/b9-5+. The molecule has 0 aliphatic carbocycles. The van der Waals surface area contributed by atoms with Gasteiger partial charge in [-0.15, -0.1) is 0 Å². The molecule has 0 bridgehead atoms. The number of hydrogen-bond donors (Lipinski definition) is 3. The molecular weight excluding hydrogens is 562 g/mol. The minimum absolute atomic E-state index is 0.0300. The van der Waals surface area contributed by atoms with Gasteiger partial charge in [-0.1, -0.05) is 6.08 Å². The summed E-state index contributed by atoms with van der Waals surface area (Å²) in [5, 5.41) is 5.25. The maximum atomic E-state index is 14.1. The molecule has 0 saturated heterocycles. The highest BCUT2D eigenvalue weighted by Gasteiger charge is 2.27. The third-order valence-corrected chi connectivity index (χ3v) is 6.14. The largest absolute Gasteiger partial charge is 0.436 e. The van der Waals surface area contributed by atoms with Gasteiger partial charge in [0.1, 0.15) is 11.5 Å². The molecule has 3 rings (SSSR count). The normalized spacial score (nSPS) is 12.4. The van der Waals surface area contributed by atoms with Crippen LogP contribution in [0.25, 0.3) is 10.9 Å². The molecular formula is C28H31F4N5O5. The first-order valence-corrected chi connectivity index (χ1v) is 12.9. The Kier molecular flexibility index (Phi) is 10.5. The molecule has 14 heteroatoms. The number of alkyl halides is 3. The van der Waals surface area contributed by atoms with E-state index in [0.29, 0.717) is 16.6 Å². The van der Waals surface area contributed by atoms with Crippen LogP contribution in [0.15, 0.2) is 53.5 Å². The van der Waals surface area contributed by atoms with Crippen molar-refractivity contribution in [3.05, 3.63) is 76.1 Å². The number of benzene rings is 1. The summed E-state index contributed by atoms with van der Waals surface area (Å²) in [6.45, 7) is -0.0547. The fraction of sp³-hybridized carbons (Fsp3) is 0.357. The lowest BCUT2D eigenvalue weighted by atomic mass is 10.1. The molecule has 3 N–H and O–H groups in total. The van der Waals surface area contributed by atoms with E-state index in [1.165, 1.54) is 68.3 Å². The fourth-order valence-electron chi connectivity index (χ4n) is 4.04. The van der Waals surface area contributed by atoms with Crippen LogP contribution in [0.1, 0.15) is 30.5 Å². The summed E-state index contributed by atoms with van der Waals surface area (Å²) in [6, 6.07) is 6.63. The van der Waals surface area contributed by atoms with Crippen molar-refractivity contribution in [2.75, 3.05) is 26.5 Å². The van der Waals surface area contributed by atoms with Crippen molar-refractivity contribution in [2.24, 2.45) is 0 Å². The number of likely N-dealkylation sites (N-methyl/N-ethyl adjacent to an activating group) is 1. The van der Waals surface area contributed by atoms with Crippen LogP contribution in [0.5, 0.6) is 0 Å². The van der Waals surface area contributed by atoms with Crippen LogP contribution in [0.2, 0.25) is 0 Å². The van der Waals surface area contributed by atoms with Crippen LogP contribution >= 0.6 is 0 Å². The number of allylic oxidation sites excluding steroid dienone is 1. The first-order chi connectivity index (χ1) is 19.8. The zero-order valence-corrected chi connectivity index (χ0v) is 23.2. The molecule has 1 atom stereocenters. The summed E-state index contributed by atoms with van der Waals surface area (Å²) >= 11 is 0. The SMILES string of the molecule is CNC(=O)/C=C/CCC(OC(=O)N(C)C)C(=O)Nc1cccn(Cc2cc3cc(F)cc(CCC(F)(F)F)c3[nH]2)c1=O. The van der Waals surface area contributed by atoms with Crippen LogP contribution in [-0.2, 0) is 27.3 Å². The first kappa shape index (κ1) is 31.9. The van der Waals surface area contributed by atoms with E-state index in [2.05, 4.69) is 15.6 Å². The van der Waals surface area contributed by atoms with E-state index in [-0.39, 0.29) is 36.5 Å². The highest BCUT2D eigenvalue weighted by atomic mass is 19.4. The van der Waals surface area contributed by atoms with E-state index in [1.54, 1.807) is 0 Å². The molecule has 2 heterocycles. The second-order valence-electron chi connectivity index (χ2n) is 9.64. The number of H-pyrrole nitrogens is 1. The topological polar surface area (TPSA) is 126 Å². The molecule has 3 amide bonds. The van der Waals surface area contributed by atoms with Gasteiger partial charge in [0, 0.05) is 50.4 Å². The van der Waals surface area contributed by atoms with Crippen LogP contribution < -0.4 is 16.2 Å². The lowest BCUT2D eigenvalue weighted by Crippen LogP contribution is -2.37. The van der Waals surface area contributed by atoms with E-state index >= 15 is 0 Å². The van der Waals surface area contributed by atoms with Crippen molar-refractivity contribution in [3.8, 4) is 0 Å². The number of ether oxygens (including phenoxy) is 1. The van der Waals surface area contributed by atoms with Crippen molar-refractivity contribution in [3.63, 3.8) is 0 Å². The van der Waals surface area contributed by atoms with Gasteiger partial charge in [0.25, 0.3) is 11.5 Å². The molecule has 0 saturated carbocycles. The number of fused-ring (bicyclic) bond motifs is 1. The van der Waals surface area contributed by atoms with E-state index in [9.17, 15) is 36.7 Å². The van der Waals surface area contributed by atoms with Gasteiger partial charge < -0.3 is 29.8 Å². The molecule has 1 aromatic carbocycles.